The van der Waals surface area contributed by atoms with Crippen LogP contribution in [0.25, 0.3) is 0 Å². The molecule has 0 amide bonds. The van der Waals surface area contributed by atoms with Gasteiger partial charge in [0, 0.05) is 11.3 Å². The van der Waals surface area contributed by atoms with E-state index in [1.165, 1.54) is 0 Å². The van der Waals surface area contributed by atoms with E-state index in [9.17, 15) is 5.11 Å². The molecule has 1 aromatic rings. The van der Waals surface area contributed by atoms with Crippen LogP contribution in [0.2, 0.25) is 0 Å². The zero-order valence-corrected chi connectivity index (χ0v) is 8.83. The van der Waals surface area contributed by atoms with Crippen molar-refractivity contribution in [2.45, 2.75) is 19.4 Å². The highest BCUT2D eigenvalue weighted by atomic mass is 16.3. The van der Waals surface area contributed by atoms with Crippen molar-refractivity contribution < 1.29 is 5.11 Å². The number of nitrogens with two attached hydrogens (primary N) is 1. The molecular formula is C13H13NO. The fourth-order valence-corrected chi connectivity index (χ4v) is 0.854. The maximum Gasteiger partial charge on any atom is 0.120 e. The molecule has 0 aliphatic heterocycles. The first-order valence-electron chi connectivity index (χ1n) is 4.58. The third-order valence-corrected chi connectivity index (χ3v) is 1.55. The molecule has 0 aliphatic rings. The van der Waals surface area contributed by atoms with Crippen LogP contribution < -0.4 is 5.73 Å². The van der Waals surface area contributed by atoms with E-state index in [1.54, 1.807) is 26.0 Å². The Kier molecular flexibility index (Phi) is 3.39. The largest absolute Gasteiger partial charge is 0.399 e. The first-order valence-corrected chi connectivity index (χ1v) is 4.58. The minimum Gasteiger partial charge on any atom is -0.399 e. The van der Waals surface area contributed by atoms with Crippen LogP contribution in [0.1, 0.15) is 19.4 Å². The van der Waals surface area contributed by atoms with Crippen LogP contribution in [0.3, 0.4) is 0 Å². The maximum atomic E-state index is 9.29. The molecule has 0 bridgehead atoms. The van der Waals surface area contributed by atoms with E-state index in [4.69, 9.17) is 5.73 Å². The molecule has 0 aliphatic carbocycles. The Morgan fingerprint density at radius 2 is 1.73 bits per heavy atom. The Bertz CT molecular complexity index is 444. The lowest BCUT2D eigenvalue weighted by atomic mass is 10.1. The van der Waals surface area contributed by atoms with Gasteiger partial charge < -0.3 is 10.8 Å². The van der Waals surface area contributed by atoms with E-state index in [2.05, 4.69) is 23.7 Å². The molecular weight excluding hydrogens is 186 g/mol. The summed E-state index contributed by atoms with van der Waals surface area (Å²) in [6.45, 7) is 3.23. The van der Waals surface area contributed by atoms with Crippen LogP contribution >= 0.6 is 0 Å². The van der Waals surface area contributed by atoms with E-state index < -0.39 is 5.60 Å². The number of rotatable bonds is 0. The summed E-state index contributed by atoms with van der Waals surface area (Å²) < 4.78 is 0. The molecule has 0 radical (unpaired) electrons. The summed E-state index contributed by atoms with van der Waals surface area (Å²) in [6.07, 6.45) is 0. The molecule has 0 saturated heterocycles. The van der Waals surface area contributed by atoms with E-state index >= 15 is 0 Å². The van der Waals surface area contributed by atoms with Gasteiger partial charge in [-0.1, -0.05) is 11.8 Å². The Balaban J connectivity index is 2.74. The van der Waals surface area contributed by atoms with Gasteiger partial charge in [-0.05, 0) is 50.0 Å². The van der Waals surface area contributed by atoms with Crippen molar-refractivity contribution in [2.75, 3.05) is 5.73 Å². The van der Waals surface area contributed by atoms with Gasteiger partial charge in [0.1, 0.15) is 5.60 Å². The van der Waals surface area contributed by atoms with Crippen molar-refractivity contribution in [3.05, 3.63) is 29.8 Å². The lowest BCUT2D eigenvalue weighted by molar-refractivity contribution is 0.143. The van der Waals surface area contributed by atoms with Gasteiger partial charge in [-0.3, -0.25) is 0 Å². The van der Waals surface area contributed by atoms with Gasteiger partial charge in [-0.25, -0.2) is 0 Å². The molecule has 0 fully saturated rings. The topological polar surface area (TPSA) is 46.2 Å². The Morgan fingerprint density at radius 3 is 2.27 bits per heavy atom. The van der Waals surface area contributed by atoms with Gasteiger partial charge in [0.05, 0.1) is 0 Å². The molecule has 1 aromatic carbocycles. The summed E-state index contributed by atoms with van der Waals surface area (Å²) in [4.78, 5) is 0. The lowest BCUT2D eigenvalue weighted by Crippen LogP contribution is -2.14. The second-order valence-electron chi connectivity index (χ2n) is 3.68. The van der Waals surface area contributed by atoms with Crippen LogP contribution in [0.5, 0.6) is 0 Å². The number of aliphatic hydroxyl groups is 1. The molecule has 2 nitrogen and oxygen atoms in total. The average Bonchev–Trinajstić information content (AvgIpc) is 2.14. The molecule has 1 rings (SSSR count). The number of benzene rings is 1. The summed E-state index contributed by atoms with van der Waals surface area (Å²) in [6, 6.07) is 7.23. The molecule has 0 heterocycles. The third kappa shape index (κ3) is 4.76. The molecule has 76 valence electrons. The predicted octanol–water partition coefficient (Wildman–Crippen LogP) is 1.39. The lowest BCUT2D eigenvalue weighted by Gasteiger charge is -2.04. The Labute approximate surface area is 90.1 Å². The smallest absolute Gasteiger partial charge is 0.120 e. The molecule has 0 unspecified atom stereocenters. The number of hydrogen-bond donors (Lipinski definition) is 2. The third-order valence-electron chi connectivity index (χ3n) is 1.55. The molecule has 0 aromatic heterocycles. The standard InChI is InChI=1S/C13H13NO/c1-13(2,15)10-4-3-5-11-6-8-12(14)9-7-11/h6-9,15H,14H2,1-2H3. The number of anilines is 1. The summed E-state index contributed by atoms with van der Waals surface area (Å²) in [5.41, 5.74) is 6.11. The molecule has 2 heteroatoms. The van der Waals surface area contributed by atoms with E-state index in [0.29, 0.717) is 5.69 Å². The quantitative estimate of drug-likeness (QED) is 0.490. The zero-order valence-electron chi connectivity index (χ0n) is 8.83. The van der Waals surface area contributed by atoms with Crippen molar-refractivity contribution in [1.82, 2.24) is 0 Å². The van der Waals surface area contributed by atoms with Crippen molar-refractivity contribution in [1.29, 1.82) is 0 Å². The summed E-state index contributed by atoms with van der Waals surface area (Å²) in [5, 5.41) is 9.29. The fraction of sp³-hybridized carbons (Fsp3) is 0.231. The fourth-order valence-electron chi connectivity index (χ4n) is 0.854. The van der Waals surface area contributed by atoms with Gasteiger partial charge in [0.25, 0.3) is 0 Å². The average molecular weight is 199 g/mol. The van der Waals surface area contributed by atoms with Crippen LogP contribution in [-0.2, 0) is 0 Å². The van der Waals surface area contributed by atoms with Crippen LogP contribution in [0.4, 0.5) is 5.69 Å². The van der Waals surface area contributed by atoms with Gasteiger partial charge in [-0.15, -0.1) is 0 Å². The molecule has 0 spiro atoms. The van der Waals surface area contributed by atoms with Gasteiger partial charge in [0.15, 0.2) is 0 Å². The van der Waals surface area contributed by atoms with Crippen molar-refractivity contribution in [2.24, 2.45) is 0 Å². The Morgan fingerprint density at radius 1 is 1.13 bits per heavy atom. The first-order chi connectivity index (χ1) is 6.97. The minimum absolute atomic E-state index is 0.711. The molecule has 3 N–H and O–H groups in total. The number of hydrogen-bond acceptors (Lipinski definition) is 2. The SMILES string of the molecule is CC(C)(O)C#CC#Cc1ccc(N)cc1. The first kappa shape index (κ1) is 11.2. The summed E-state index contributed by atoms with van der Waals surface area (Å²) >= 11 is 0. The highest BCUT2D eigenvalue weighted by Crippen LogP contribution is 2.03. The van der Waals surface area contributed by atoms with Crippen molar-refractivity contribution in [3.8, 4) is 23.7 Å². The second-order valence-corrected chi connectivity index (χ2v) is 3.68. The Hall–Kier alpha value is -1.90. The van der Waals surface area contributed by atoms with Crippen molar-refractivity contribution >= 4 is 5.69 Å². The minimum atomic E-state index is -0.990. The van der Waals surface area contributed by atoms with Crippen LogP contribution in [-0.4, -0.2) is 10.7 Å². The van der Waals surface area contributed by atoms with Gasteiger partial charge >= 0.3 is 0 Å². The number of nitrogen functional groups attached to an aromatic ring is 1. The van der Waals surface area contributed by atoms with Crippen LogP contribution in [0, 0.1) is 23.7 Å². The maximum absolute atomic E-state index is 9.29. The van der Waals surface area contributed by atoms with Crippen molar-refractivity contribution in [3.63, 3.8) is 0 Å². The molecule has 0 saturated carbocycles. The van der Waals surface area contributed by atoms with E-state index in [0.717, 1.165) is 5.56 Å². The molecule has 15 heavy (non-hydrogen) atoms. The predicted molar refractivity (Wildman–Crippen MR) is 61.8 cm³/mol. The highest BCUT2D eigenvalue weighted by Gasteiger charge is 2.04. The van der Waals surface area contributed by atoms with Gasteiger partial charge in [0.2, 0.25) is 0 Å². The second kappa shape index (κ2) is 4.55. The van der Waals surface area contributed by atoms with Gasteiger partial charge in [-0.2, -0.15) is 0 Å². The normalized spacial score (nSPS) is 9.53. The summed E-state index contributed by atoms with van der Waals surface area (Å²) in [5.74, 6) is 10.7. The molecule has 0 atom stereocenters. The van der Waals surface area contributed by atoms with E-state index in [1.807, 2.05) is 12.1 Å². The monoisotopic (exact) mass is 199 g/mol. The van der Waals surface area contributed by atoms with E-state index in [-0.39, 0.29) is 0 Å². The summed E-state index contributed by atoms with van der Waals surface area (Å²) in [7, 11) is 0. The van der Waals surface area contributed by atoms with Crippen LogP contribution in [0.15, 0.2) is 24.3 Å². The zero-order chi connectivity index (χ0) is 11.3. The highest BCUT2D eigenvalue weighted by molar-refractivity contribution is 5.46.